The number of nitrogens with one attached hydrogen (secondary N) is 1. The van der Waals surface area contributed by atoms with Crippen molar-refractivity contribution >= 4 is 11.7 Å². The Balaban J connectivity index is 2.51. The molecular formula is C15H16F2N2O2. The third-order valence-electron chi connectivity index (χ3n) is 2.89. The smallest absolute Gasteiger partial charge is 0.221 e. The van der Waals surface area contributed by atoms with Crippen LogP contribution in [0.15, 0.2) is 18.2 Å². The lowest BCUT2D eigenvalue weighted by Crippen LogP contribution is -2.33. The molecule has 1 amide bonds. The van der Waals surface area contributed by atoms with Crippen LogP contribution < -0.4 is 5.32 Å². The predicted octanol–water partition coefficient (Wildman–Crippen LogP) is 2.74. The zero-order valence-corrected chi connectivity index (χ0v) is 11.7. The predicted molar refractivity (Wildman–Crippen MR) is 72.4 cm³/mol. The average Bonchev–Trinajstić information content (AvgIpc) is 2.47. The summed E-state index contributed by atoms with van der Waals surface area (Å²) in [7, 11) is 0. The Labute approximate surface area is 121 Å². The summed E-state index contributed by atoms with van der Waals surface area (Å²) in [5, 5.41) is 11.3. The lowest BCUT2D eigenvalue weighted by Gasteiger charge is -2.10. The first kappa shape index (κ1) is 16.8. The van der Waals surface area contributed by atoms with E-state index in [9.17, 15) is 18.4 Å². The molecule has 21 heavy (non-hydrogen) atoms. The van der Waals surface area contributed by atoms with Gasteiger partial charge in [0.1, 0.15) is 6.04 Å². The maximum Gasteiger partial charge on any atom is 0.221 e. The number of rotatable bonds is 7. The molecule has 1 N–H and O–H groups in total. The molecule has 0 bridgehead atoms. The Morgan fingerprint density at radius 3 is 2.57 bits per heavy atom. The van der Waals surface area contributed by atoms with Crippen LogP contribution in [0.25, 0.3) is 0 Å². The molecule has 0 aliphatic carbocycles. The molecule has 0 heterocycles. The second-order valence-electron chi connectivity index (χ2n) is 4.59. The summed E-state index contributed by atoms with van der Waals surface area (Å²) in [5.41, 5.74) is 0.0205. The third-order valence-corrected chi connectivity index (χ3v) is 2.89. The lowest BCUT2D eigenvalue weighted by atomic mass is 10.1. The van der Waals surface area contributed by atoms with Gasteiger partial charge in [-0.1, -0.05) is 13.3 Å². The number of carbonyl (C=O) groups is 2. The minimum atomic E-state index is -1.10. The van der Waals surface area contributed by atoms with Crippen molar-refractivity contribution in [2.45, 2.75) is 38.6 Å². The van der Waals surface area contributed by atoms with Crippen molar-refractivity contribution < 1.29 is 18.4 Å². The Kier molecular flexibility index (Phi) is 6.47. The average molecular weight is 294 g/mol. The van der Waals surface area contributed by atoms with Crippen LogP contribution in [0.2, 0.25) is 0 Å². The van der Waals surface area contributed by atoms with Crippen LogP contribution in [0.1, 0.15) is 43.0 Å². The molecular weight excluding hydrogens is 278 g/mol. The van der Waals surface area contributed by atoms with Crippen LogP contribution in [-0.2, 0) is 4.79 Å². The molecule has 0 saturated heterocycles. The van der Waals surface area contributed by atoms with E-state index in [4.69, 9.17) is 5.26 Å². The topological polar surface area (TPSA) is 70.0 Å². The van der Waals surface area contributed by atoms with E-state index >= 15 is 0 Å². The number of carbonyl (C=O) groups excluding carboxylic acids is 2. The van der Waals surface area contributed by atoms with Gasteiger partial charge in [0.25, 0.3) is 0 Å². The third kappa shape index (κ3) is 5.30. The summed E-state index contributed by atoms with van der Waals surface area (Å²) in [6, 6.07) is 4.25. The number of amides is 1. The normalized spacial score (nSPS) is 11.5. The summed E-state index contributed by atoms with van der Waals surface area (Å²) >= 11 is 0. The van der Waals surface area contributed by atoms with E-state index in [-0.39, 0.29) is 18.4 Å². The van der Waals surface area contributed by atoms with Crippen molar-refractivity contribution in [1.82, 2.24) is 5.32 Å². The number of nitrogens with zero attached hydrogens (tertiary/aromatic N) is 1. The van der Waals surface area contributed by atoms with Gasteiger partial charge < -0.3 is 5.32 Å². The van der Waals surface area contributed by atoms with Crippen molar-refractivity contribution in [1.29, 1.82) is 5.26 Å². The number of benzene rings is 1. The van der Waals surface area contributed by atoms with E-state index in [2.05, 4.69) is 5.32 Å². The Bertz CT molecular complexity index is 567. The number of halogens is 2. The fourth-order valence-corrected chi connectivity index (χ4v) is 1.77. The molecule has 1 rings (SSSR count). The molecule has 0 radical (unpaired) electrons. The van der Waals surface area contributed by atoms with E-state index in [0.29, 0.717) is 6.42 Å². The first-order valence-electron chi connectivity index (χ1n) is 6.65. The first-order valence-corrected chi connectivity index (χ1v) is 6.65. The largest absolute Gasteiger partial charge is 0.340 e. The van der Waals surface area contributed by atoms with Crippen LogP contribution in [0.5, 0.6) is 0 Å². The molecule has 0 aliphatic heterocycles. The summed E-state index contributed by atoms with van der Waals surface area (Å²) in [6.07, 6.45) is 1.08. The fourth-order valence-electron chi connectivity index (χ4n) is 1.77. The number of hydrogen-bond donors (Lipinski definition) is 1. The molecule has 1 aromatic rings. The van der Waals surface area contributed by atoms with Gasteiger partial charge in [-0.15, -0.1) is 0 Å². The molecule has 0 fully saturated rings. The first-order chi connectivity index (χ1) is 9.97. The second kappa shape index (κ2) is 8.10. The monoisotopic (exact) mass is 294 g/mol. The number of Topliss-reactive ketones (excluding diaryl/α,β-unsaturated/α-hetero) is 1. The van der Waals surface area contributed by atoms with Gasteiger partial charge in [0.05, 0.1) is 6.07 Å². The van der Waals surface area contributed by atoms with Gasteiger partial charge in [0.2, 0.25) is 5.91 Å². The zero-order chi connectivity index (χ0) is 15.8. The molecule has 4 nitrogen and oxygen atoms in total. The Hall–Kier alpha value is -2.29. The van der Waals surface area contributed by atoms with Gasteiger partial charge in [0, 0.05) is 18.4 Å². The van der Waals surface area contributed by atoms with Crippen molar-refractivity contribution in [2.75, 3.05) is 0 Å². The highest BCUT2D eigenvalue weighted by Crippen LogP contribution is 2.11. The minimum Gasteiger partial charge on any atom is -0.340 e. The van der Waals surface area contributed by atoms with Crippen LogP contribution in [0.4, 0.5) is 8.78 Å². The molecule has 0 unspecified atom stereocenters. The van der Waals surface area contributed by atoms with Gasteiger partial charge in [-0.2, -0.15) is 5.26 Å². The van der Waals surface area contributed by atoms with Crippen LogP contribution in [0.3, 0.4) is 0 Å². The fraction of sp³-hybridized carbons (Fsp3) is 0.400. The van der Waals surface area contributed by atoms with Crippen LogP contribution in [-0.4, -0.2) is 17.7 Å². The van der Waals surface area contributed by atoms with E-state index < -0.39 is 29.4 Å². The minimum absolute atomic E-state index is 0.0205. The Morgan fingerprint density at radius 2 is 2.00 bits per heavy atom. The molecule has 0 saturated carbocycles. The standard InChI is InChI=1S/C15H16F2N2O2/c1-2-3-11(9-18)19-15(21)7-6-14(20)10-4-5-12(16)13(17)8-10/h4-5,8,11H,2-3,6-7H2,1H3,(H,19,21)/t11-/m0/s1. The van der Waals surface area contributed by atoms with Gasteiger partial charge in [-0.05, 0) is 24.6 Å². The molecule has 0 spiro atoms. The zero-order valence-electron chi connectivity index (χ0n) is 11.7. The highest BCUT2D eigenvalue weighted by molar-refractivity contribution is 5.97. The highest BCUT2D eigenvalue weighted by atomic mass is 19.2. The quantitative estimate of drug-likeness (QED) is 0.786. The maximum atomic E-state index is 13.0. The molecule has 1 atom stereocenters. The van der Waals surface area contributed by atoms with Crippen molar-refractivity contribution in [3.63, 3.8) is 0 Å². The second-order valence-corrected chi connectivity index (χ2v) is 4.59. The number of ketones is 1. The van der Waals surface area contributed by atoms with Crippen LogP contribution >= 0.6 is 0 Å². The highest BCUT2D eigenvalue weighted by Gasteiger charge is 2.14. The molecule has 0 aliphatic rings. The van der Waals surface area contributed by atoms with Gasteiger partial charge >= 0.3 is 0 Å². The Morgan fingerprint density at radius 1 is 1.29 bits per heavy atom. The molecule has 0 aromatic heterocycles. The summed E-state index contributed by atoms with van der Waals surface area (Å²) in [4.78, 5) is 23.4. The molecule has 112 valence electrons. The van der Waals surface area contributed by atoms with Crippen LogP contribution in [0, 0.1) is 23.0 Å². The van der Waals surface area contributed by atoms with Crippen molar-refractivity contribution in [3.05, 3.63) is 35.4 Å². The van der Waals surface area contributed by atoms with Gasteiger partial charge in [-0.3, -0.25) is 9.59 Å². The maximum absolute atomic E-state index is 13.0. The number of nitriles is 1. The van der Waals surface area contributed by atoms with E-state index in [1.54, 1.807) is 0 Å². The van der Waals surface area contributed by atoms with E-state index in [1.807, 2.05) is 13.0 Å². The number of hydrogen-bond acceptors (Lipinski definition) is 3. The van der Waals surface area contributed by atoms with Gasteiger partial charge in [-0.25, -0.2) is 8.78 Å². The van der Waals surface area contributed by atoms with Crippen molar-refractivity contribution in [3.8, 4) is 6.07 Å². The lowest BCUT2D eigenvalue weighted by molar-refractivity contribution is -0.121. The van der Waals surface area contributed by atoms with Gasteiger partial charge in [0.15, 0.2) is 17.4 Å². The molecule has 6 heteroatoms. The van der Waals surface area contributed by atoms with Crippen molar-refractivity contribution in [2.24, 2.45) is 0 Å². The summed E-state index contributed by atoms with van der Waals surface area (Å²) < 4.78 is 25.7. The SMILES string of the molecule is CCC[C@@H](C#N)NC(=O)CCC(=O)c1ccc(F)c(F)c1. The summed E-state index contributed by atoms with van der Waals surface area (Å²) in [6.45, 7) is 1.89. The molecule has 1 aromatic carbocycles. The summed E-state index contributed by atoms with van der Waals surface area (Å²) in [5.74, 6) is -2.99. The van der Waals surface area contributed by atoms with E-state index in [1.165, 1.54) is 6.07 Å². The van der Waals surface area contributed by atoms with E-state index in [0.717, 1.165) is 18.6 Å².